The maximum Gasteiger partial charge on any atom is 0.264 e. The molecule has 3 atom stereocenters. The molecule has 0 aromatic rings. The van der Waals surface area contributed by atoms with Crippen LogP contribution in [-0.4, -0.2) is 30.3 Å². The fourth-order valence-electron chi connectivity index (χ4n) is 4.26. The Morgan fingerprint density at radius 1 is 1.25 bits per heavy atom. The molecule has 5 heteroatoms. The first-order chi connectivity index (χ1) is 9.48. The average molecular weight is 282 g/mol. The summed E-state index contributed by atoms with van der Waals surface area (Å²) < 4.78 is 5.81. The minimum Gasteiger partial charge on any atom is -0.377 e. The Labute approximate surface area is 120 Å². The lowest BCUT2D eigenvalue weighted by molar-refractivity contribution is -0.230. The Bertz CT molecular complexity index is 393. The Morgan fingerprint density at radius 3 is 2.65 bits per heavy atom. The zero-order chi connectivity index (χ0) is 14.4. The van der Waals surface area contributed by atoms with Crippen LogP contribution in [0.3, 0.4) is 0 Å². The summed E-state index contributed by atoms with van der Waals surface area (Å²) in [6.07, 6.45) is 6.60. The van der Waals surface area contributed by atoms with Crippen LogP contribution in [0.5, 0.6) is 0 Å². The number of carbonyl (C=O) groups is 1. The van der Waals surface area contributed by atoms with Crippen LogP contribution < -0.4 is 11.2 Å². The molecule has 3 unspecified atom stereocenters. The van der Waals surface area contributed by atoms with E-state index in [1.807, 2.05) is 13.8 Å². The number of nitrogens with one attached hydrogen (secondary N) is 1. The van der Waals surface area contributed by atoms with E-state index in [9.17, 15) is 4.79 Å². The van der Waals surface area contributed by atoms with Crippen molar-refractivity contribution in [1.82, 2.24) is 5.48 Å². The Balaban J connectivity index is 1.65. The van der Waals surface area contributed by atoms with Gasteiger partial charge in [0, 0.05) is 17.9 Å². The molecule has 0 aromatic carbocycles. The first kappa shape index (κ1) is 14.3. The smallest absolute Gasteiger partial charge is 0.264 e. The second-order valence-corrected chi connectivity index (χ2v) is 7.09. The van der Waals surface area contributed by atoms with Gasteiger partial charge in [0.15, 0.2) is 0 Å². The summed E-state index contributed by atoms with van der Waals surface area (Å²) >= 11 is 0. The van der Waals surface area contributed by atoms with Crippen LogP contribution in [0.2, 0.25) is 0 Å². The van der Waals surface area contributed by atoms with E-state index >= 15 is 0 Å². The van der Waals surface area contributed by atoms with Gasteiger partial charge in [-0.2, -0.15) is 0 Å². The monoisotopic (exact) mass is 282 g/mol. The molecule has 1 heterocycles. The van der Waals surface area contributed by atoms with Gasteiger partial charge in [-0.3, -0.25) is 9.63 Å². The van der Waals surface area contributed by atoms with E-state index in [0.717, 1.165) is 32.3 Å². The summed E-state index contributed by atoms with van der Waals surface area (Å²) in [5.74, 6) is -0.0698. The summed E-state index contributed by atoms with van der Waals surface area (Å²) in [7, 11) is 0. The lowest BCUT2D eigenvalue weighted by atomic mass is 9.46. The van der Waals surface area contributed by atoms with Gasteiger partial charge < -0.3 is 10.5 Å². The maximum atomic E-state index is 12.6. The maximum absolute atomic E-state index is 12.6. The molecule has 1 aliphatic heterocycles. The standard InChI is InChI=1S/C15H26N2O3/c1-14(2)12-11(8-5-9-19-12)15(14,16)13(18)17-20-10-6-3-4-7-10/h10-12H,3-9,16H2,1-2H3,(H,17,18). The van der Waals surface area contributed by atoms with Crippen molar-refractivity contribution >= 4 is 5.91 Å². The lowest BCUT2D eigenvalue weighted by Crippen LogP contribution is -2.82. The zero-order valence-corrected chi connectivity index (χ0v) is 12.5. The molecule has 1 amide bonds. The number of hydrogen-bond donors (Lipinski definition) is 2. The van der Waals surface area contributed by atoms with E-state index in [2.05, 4.69) is 5.48 Å². The summed E-state index contributed by atoms with van der Waals surface area (Å²) in [6.45, 7) is 4.82. The van der Waals surface area contributed by atoms with Gasteiger partial charge in [0.05, 0.1) is 12.2 Å². The summed E-state index contributed by atoms with van der Waals surface area (Å²) in [6, 6.07) is 0. The number of fused-ring (bicyclic) bond motifs is 1. The SMILES string of the molecule is CC1(C)C2OCCCC2C1(N)C(=O)NOC1CCCC1. The topological polar surface area (TPSA) is 73.6 Å². The summed E-state index contributed by atoms with van der Waals surface area (Å²) in [5.41, 5.74) is 7.90. The minimum absolute atomic E-state index is 0.0958. The van der Waals surface area contributed by atoms with Crippen LogP contribution in [0.1, 0.15) is 52.4 Å². The number of hydrogen-bond acceptors (Lipinski definition) is 4. The van der Waals surface area contributed by atoms with Gasteiger partial charge >= 0.3 is 0 Å². The van der Waals surface area contributed by atoms with Gasteiger partial charge in [-0.05, 0) is 25.7 Å². The molecule has 5 nitrogen and oxygen atoms in total. The van der Waals surface area contributed by atoms with E-state index in [4.69, 9.17) is 15.3 Å². The highest BCUT2D eigenvalue weighted by atomic mass is 16.7. The highest BCUT2D eigenvalue weighted by Gasteiger charge is 2.70. The van der Waals surface area contributed by atoms with Crippen LogP contribution >= 0.6 is 0 Å². The molecule has 0 bridgehead atoms. The van der Waals surface area contributed by atoms with Crippen molar-refractivity contribution in [2.75, 3.05) is 6.61 Å². The van der Waals surface area contributed by atoms with Crippen molar-refractivity contribution in [3.8, 4) is 0 Å². The van der Waals surface area contributed by atoms with Gasteiger partial charge in [-0.25, -0.2) is 5.48 Å². The zero-order valence-electron chi connectivity index (χ0n) is 12.5. The predicted octanol–water partition coefficient (Wildman–Crippen LogP) is 1.51. The van der Waals surface area contributed by atoms with Crippen molar-refractivity contribution < 1.29 is 14.4 Å². The number of carbonyl (C=O) groups excluding carboxylic acids is 1. The van der Waals surface area contributed by atoms with Crippen molar-refractivity contribution in [3.05, 3.63) is 0 Å². The Kier molecular flexibility index (Phi) is 3.55. The lowest BCUT2D eigenvalue weighted by Gasteiger charge is -2.64. The first-order valence-corrected chi connectivity index (χ1v) is 7.84. The van der Waals surface area contributed by atoms with E-state index in [-0.39, 0.29) is 29.4 Å². The number of nitrogens with two attached hydrogens (primary N) is 1. The second-order valence-electron chi connectivity index (χ2n) is 7.09. The molecule has 3 aliphatic rings. The predicted molar refractivity (Wildman–Crippen MR) is 74.6 cm³/mol. The Morgan fingerprint density at radius 2 is 1.95 bits per heavy atom. The molecular weight excluding hydrogens is 256 g/mol. The highest BCUT2D eigenvalue weighted by molar-refractivity contribution is 5.88. The van der Waals surface area contributed by atoms with E-state index in [0.29, 0.717) is 0 Å². The van der Waals surface area contributed by atoms with E-state index in [1.54, 1.807) is 0 Å². The van der Waals surface area contributed by atoms with Crippen LogP contribution in [0, 0.1) is 11.3 Å². The molecule has 2 saturated carbocycles. The van der Waals surface area contributed by atoms with Gasteiger partial charge in [0.1, 0.15) is 5.54 Å². The molecule has 1 saturated heterocycles. The van der Waals surface area contributed by atoms with Crippen molar-refractivity contribution in [3.63, 3.8) is 0 Å². The van der Waals surface area contributed by atoms with Gasteiger partial charge in [-0.15, -0.1) is 0 Å². The van der Waals surface area contributed by atoms with Crippen molar-refractivity contribution in [1.29, 1.82) is 0 Å². The fraction of sp³-hybridized carbons (Fsp3) is 0.933. The third kappa shape index (κ3) is 1.90. The fourth-order valence-corrected chi connectivity index (χ4v) is 4.26. The highest BCUT2D eigenvalue weighted by Crippen LogP contribution is 2.57. The number of hydroxylamine groups is 1. The van der Waals surface area contributed by atoms with Crippen LogP contribution in [-0.2, 0) is 14.4 Å². The number of rotatable bonds is 3. The first-order valence-electron chi connectivity index (χ1n) is 7.84. The van der Waals surface area contributed by atoms with E-state index < -0.39 is 5.54 Å². The van der Waals surface area contributed by atoms with Crippen LogP contribution in [0.15, 0.2) is 0 Å². The minimum atomic E-state index is -0.878. The molecule has 0 spiro atoms. The number of ether oxygens (including phenoxy) is 1. The van der Waals surface area contributed by atoms with E-state index in [1.165, 1.54) is 12.8 Å². The van der Waals surface area contributed by atoms with Gasteiger partial charge in [0.2, 0.25) is 0 Å². The molecule has 114 valence electrons. The van der Waals surface area contributed by atoms with Crippen molar-refractivity contribution in [2.24, 2.45) is 17.1 Å². The normalized spacial score (nSPS) is 40.0. The Hall–Kier alpha value is -0.650. The van der Waals surface area contributed by atoms with Crippen LogP contribution in [0.4, 0.5) is 0 Å². The molecule has 3 rings (SSSR count). The summed E-state index contributed by atoms with van der Waals surface area (Å²) in [4.78, 5) is 18.1. The van der Waals surface area contributed by atoms with Gasteiger partial charge in [0.25, 0.3) is 5.91 Å². The van der Waals surface area contributed by atoms with Gasteiger partial charge in [-0.1, -0.05) is 26.7 Å². The number of amides is 1. The summed E-state index contributed by atoms with van der Waals surface area (Å²) in [5, 5.41) is 0. The second kappa shape index (κ2) is 4.97. The van der Waals surface area contributed by atoms with Crippen LogP contribution in [0.25, 0.3) is 0 Å². The molecule has 0 aromatic heterocycles. The third-order valence-corrected chi connectivity index (χ3v) is 5.68. The molecule has 3 N–H and O–H groups in total. The third-order valence-electron chi connectivity index (χ3n) is 5.68. The molecule has 0 radical (unpaired) electrons. The molecular formula is C15H26N2O3. The molecule has 20 heavy (non-hydrogen) atoms. The average Bonchev–Trinajstić information content (AvgIpc) is 2.97. The van der Waals surface area contributed by atoms with Crippen molar-refractivity contribution in [2.45, 2.75) is 70.1 Å². The molecule has 2 aliphatic carbocycles. The molecule has 3 fully saturated rings. The largest absolute Gasteiger partial charge is 0.377 e. The quantitative estimate of drug-likeness (QED) is 0.770.